The monoisotopic (exact) mass is 274 g/mol. The SMILES string of the molecule is CC(C)c1cccc(OCCC(=O)N(C)CCC#N)c1. The zero-order valence-corrected chi connectivity index (χ0v) is 12.4. The van der Waals surface area contributed by atoms with Crippen molar-refractivity contribution >= 4 is 5.91 Å². The van der Waals surface area contributed by atoms with Gasteiger partial charge in [0.2, 0.25) is 5.91 Å². The van der Waals surface area contributed by atoms with Gasteiger partial charge in [-0.3, -0.25) is 4.79 Å². The van der Waals surface area contributed by atoms with Crippen LogP contribution in [-0.2, 0) is 4.79 Å². The molecule has 0 bridgehead atoms. The Kier molecular flexibility index (Phi) is 6.58. The summed E-state index contributed by atoms with van der Waals surface area (Å²) in [4.78, 5) is 13.3. The van der Waals surface area contributed by atoms with Gasteiger partial charge in [-0.2, -0.15) is 5.26 Å². The van der Waals surface area contributed by atoms with Crippen molar-refractivity contribution in [1.82, 2.24) is 4.90 Å². The van der Waals surface area contributed by atoms with E-state index in [4.69, 9.17) is 10.00 Å². The molecule has 108 valence electrons. The Hall–Kier alpha value is -2.02. The lowest BCUT2D eigenvalue weighted by Gasteiger charge is -2.15. The molecular formula is C16H22N2O2. The van der Waals surface area contributed by atoms with E-state index in [-0.39, 0.29) is 5.91 Å². The summed E-state index contributed by atoms with van der Waals surface area (Å²) < 4.78 is 5.61. The zero-order chi connectivity index (χ0) is 15.0. The third-order valence-electron chi connectivity index (χ3n) is 3.09. The second-order valence-corrected chi connectivity index (χ2v) is 5.05. The van der Waals surface area contributed by atoms with E-state index in [9.17, 15) is 4.79 Å². The predicted molar refractivity (Wildman–Crippen MR) is 78.5 cm³/mol. The van der Waals surface area contributed by atoms with Crippen molar-refractivity contribution in [3.8, 4) is 11.8 Å². The molecule has 0 fully saturated rings. The van der Waals surface area contributed by atoms with E-state index < -0.39 is 0 Å². The zero-order valence-electron chi connectivity index (χ0n) is 12.4. The lowest BCUT2D eigenvalue weighted by atomic mass is 10.0. The average Bonchev–Trinajstić information content (AvgIpc) is 2.44. The number of carbonyl (C=O) groups excluding carboxylic acids is 1. The fraction of sp³-hybridized carbons (Fsp3) is 0.500. The molecule has 0 aliphatic carbocycles. The van der Waals surface area contributed by atoms with Gasteiger partial charge in [0, 0.05) is 13.6 Å². The summed E-state index contributed by atoms with van der Waals surface area (Å²) in [6.07, 6.45) is 0.688. The van der Waals surface area contributed by atoms with Crippen LogP contribution in [0.1, 0.15) is 38.2 Å². The number of nitriles is 1. The lowest BCUT2D eigenvalue weighted by Crippen LogP contribution is -2.28. The van der Waals surface area contributed by atoms with Gasteiger partial charge in [-0.05, 0) is 23.6 Å². The Morgan fingerprint density at radius 3 is 2.85 bits per heavy atom. The van der Waals surface area contributed by atoms with E-state index in [1.807, 2.05) is 24.3 Å². The Morgan fingerprint density at radius 2 is 2.20 bits per heavy atom. The minimum absolute atomic E-state index is 0.000245. The first kappa shape index (κ1) is 16.0. The van der Waals surface area contributed by atoms with Crippen LogP contribution in [0.2, 0.25) is 0 Å². The van der Waals surface area contributed by atoms with E-state index in [1.54, 1.807) is 11.9 Å². The van der Waals surface area contributed by atoms with Crippen molar-refractivity contribution < 1.29 is 9.53 Å². The lowest BCUT2D eigenvalue weighted by molar-refractivity contribution is -0.130. The maximum Gasteiger partial charge on any atom is 0.225 e. The van der Waals surface area contributed by atoms with Gasteiger partial charge in [-0.1, -0.05) is 26.0 Å². The summed E-state index contributed by atoms with van der Waals surface area (Å²) in [6, 6.07) is 9.97. The average molecular weight is 274 g/mol. The molecule has 1 aromatic rings. The molecular weight excluding hydrogens is 252 g/mol. The van der Waals surface area contributed by atoms with Crippen LogP contribution in [0.25, 0.3) is 0 Å². The van der Waals surface area contributed by atoms with E-state index >= 15 is 0 Å². The standard InChI is InChI=1S/C16H22N2O2/c1-13(2)14-6-4-7-15(12-14)20-11-8-16(19)18(3)10-5-9-17/h4,6-7,12-13H,5,8,10-11H2,1-3H3. The van der Waals surface area contributed by atoms with Crippen LogP contribution >= 0.6 is 0 Å². The Bertz CT molecular complexity index is 478. The number of amides is 1. The summed E-state index contributed by atoms with van der Waals surface area (Å²) in [6.45, 7) is 5.09. The van der Waals surface area contributed by atoms with Crippen LogP contribution in [0.15, 0.2) is 24.3 Å². The van der Waals surface area contributed by atoms with E-state index in [1.165, 1.54) is 5.56 Å². The number of carbonyl (C=O) groups is 1. The van der Waals surface area contributed by atoms with Crippen molar-refractivity contribution in [1.29, 1.82) is 5.26 Å². The van der Waals surface area contributed by atoms with Gasteiger partial charge < -0.3 is 9.64 Å². The molecule has 20 heavy (non-hydrogen) atoms. The number of hydrogen-bond donors (Lipinski definition) is 0. The third-order valence-corrected chi connectivity index (χ3v) is 3.09. The Labute approximate surface area is 121 Å². The molecule has 4 heteroatoms. The topological polar surface area (TPSA) is 53.3 Å². The van der Waals surface area contributed by atoms with Crippen molar-refractivity contribution in [3.05, 3.63) is 29.8 Å². The number of nitrogens with zero attached hydrogens (tertiary/aromatic N) is 2. The molecule has 4 nitrogen and oxygen atoms in total. The molecule has 0 unspecified atom stereocenters. The van der Waals surface area contributed by atoms with Crippen molar-refractivity contribution in [3.63, 3.8) is 0 Å². The molecule has 0 aliphatic rings. The molecule has 0 atom stereocenters. The number of benzene rings is 1. The van der Waals surface area contributed by atoms with Crippen LogP contribution in [0.4, 0.5) is 0 Å². The second kappa shape index (κ2) is 8.21. The fourth-order valence-corrected chi connectivity index (χ4v) is 1.75. The van der Waals surface area contributed by atoms with Gasteiger partial charge in [0.05, 0.1) is 25.5 Å². The summed E-state index contributed by atoms with van der Waals surface area (Å²) in [5, 5.41) is 8.48. The highest BCUT2D eigenvalue weighted by Gasteiger charge is 2.08. The normalized spacial score (nSPS) is 10.2. The number of hydrogen-bond acceptors (Lipinski definition) is 3. The molecule has 0 saturated heterocycles. The van der Waals surface area contributed by atoms with Gasteiger partial charge in [0.15, 0.2) is 0 Å². The Balaban J connectivity index is 2.39. The minimum Gasteiger partial charge on any atom is -0.493 e. The van der Waals surface area contributed by atoms with E-state index in [0.29, 0.717) is 31.9 Å². The van der Waals surface area contributed by atoms with Crippen LogP contribution in [-0.4, -0.2) is 31.0 Å². The first-order chi connectivity index (χ1) is 9.54. The largest absolute Gasteiger partial charge is 0.493 e. The van der Waals surface area contributed by atoms with Crippen molar-refractivity contribution in [2.45, 2.75) is 32.6 Å². The molecule has 0 radical (unpaired) electrons. The Morgan fingerprint density at radius 1 is 1.45 bits per heavy atom. The smallest absolute Gasteiger partial charge is 0.225 e. The molecule has 0 saturated carbocycles. The highest BCUT2D eigenvalue weighted by Crippen LogP contribution is 2.20. The fourth-order valence-electron chi connectivity index (χ4n) is 1.75. The molecule has 1 rings (SSSR count). The summed E-state index contributed by atoms with van der Waals surface area (Å²) in [7, 11) is 1.71. The summed E-state index contributed by atoms with van der Waals surface area (Å²) >= 11 is 0. The number of rotatable bonds is 7. The van der Waals surface area contributed by atoms with Gasteiger partial charge >= 0.3 is 0 Å². The molecule has 0 aliphatic heterocycles. The van der Waals surface area contributed by atoms with Crippen LogP contribution < -0.4 is 4.74 Å². The summed E-state index contributed by atoms with van der Waals surface area (Å²) in [5.41, 5.74) is 1.22. The molecule has 0 N–H and O–H groups in total. The highest BCUT2D eigenvalue weighted by atomic mass is 16.5. The van der Waals surface area contributed by atoms with Gasteiger partial charge in [-0.25, -0.2) is 0 Å². The number of ether oxygens (including phenoxy) is 1. The van der Waals surface area contributed by atoms with E-state index in [0.717, 1.165) is 5.75 Å². The maximum absolute atomic E-state index is 11.8. The molecule has 0 aromatic heterocycles. The van der Waals surface area contributed by atoms with Gasteiger partial charge in [0.1, 0.15) is 5.75 Å². The molecule has 0 heterocycles. The first-order valence-corrected chi connectivity index (χ1v) is 6.88. The van der Waals surface area contributed by atoms with Crippen molar-refractivity contribution in [2.24, 2.45) is 0 Å². The minimum atomic E-state index is 0.000245. The predicted octanol–water partition coefficient (Wildman–Crippen LogP) is 2.95. The van der Waals surface area contributed by atoms with Gasteiger partial charge in [-0.15, -0.1) is 0 Å². The van der Waals surface area contributed by atoms with Crippen molar-refractivity contribution in [2.75, 3.05) is 20.2 Å². The highest BCUT2D eigenvalue weighted by molar-refractivity contribution is 5.75. The van der Waals surface area contributed by atoms with Crippen LogP contribution in [0.3, 0.4) is 0 Å². The molecule has 0 spiro atoms. The molecule has 1 amide bonds. The third kappa shape index (κ3) is 5.31. The quantitative estimate of drug-likeness (QED) is 0.768. The van der Waals surface area contributed by atoms with E-state index in [2.05, 4.69) is 19.9 Å². The maximum atomic E-state index is 11.8. The summed E-state index contributed by atoms with van der Waals surface area (Å²) in [5.74, 6) is 1.25. The van der Waals surface area contributed by atoms with Gasteiger partial charge in [0.25, 0.3) is 0 Å². The van der Waals surface area contributed by atoms with Crippen LogP contribution in [0.5, 0.6) is 5.75 Å². The van der Waals surface area contributed by atoms with Crippen LogP contribution in [0, 0.1) is 11.3 Å². The first-order valence-electron chi connectivity index (χ1n) is 6.88. The second-order valence-electron chi connectivity index (χ2n) is 5.05. The molecule has 1 aromatic carbocycles.